The van der Waals surface area contributed by atoms with Gasteiger partial charge in [-0.2, -0.15) is 0 Å². The van der Waals surface area contributed by atoms with Crippen molar-refractivity contribution in [3.8, 4) is 0 Å². The van der Waals surface area contributed by atoms with E-state index < -0.39 is 0 Å². The molecule has 0 aromatic carbocycles. The zero-order valence-corrected chi connectivity index (χ0v) is 9.71. The first-order valence-electron chi connectivity index (χ1n) is 5.83. The van der Waals surface area contributed by atoms with E-state index in [1.807, 2.05) is 0 Å². The summed E-state index contributed by atoms with van der Waals surface area (Å²) in [5, 5.41) is 6.24. The minimum Gasteiger partial charge on any atom is -0.381 e. The van der Waals surface area contributed by atoms with Gasteiger partial charge in [0.2, 0.25) is 5.91 Å². The van der Waals surface area contributed by atoms with Crippen molar-refractivity contribution in [3.63, 3.8) is 0 Å². The van der Waals surface area contributed by atoms with E-state index in [2.05, 4.69) is 24.5 Å². The van der Waals surface area contributed by atoms with Gasteiger partial charge in [-0.15, -0.1) is 0 Å². The third-order valence-corrected chi connectivity index (χ3v) is 2.73. The molecule has 15 heavy (non-hydrogen) atoms. The summed E-state index contributed by atoms with van der Waals surface area (Å²) in [7, 11) is 0. The summed E-state index contributed by atoms with van der Waals surface area (Å²) < 4.78 is 5.22. The van der Waals surface area contributed by atoms with Crippen molar-refractivity contribution in [1.29, 1.82) is 0 Å². The lowest BCUT2D eigenvalue weighted by molar-refractivity contribution is -0.127. The monoisotopic (exact) mass is 214 g/mol. The lowest BCUT2D eigenvalue weighted by atomic mass is 9.99. The van der Waals surface area contributed by atoms with Gasteiger partial charge in [0.05, 0.1) is 0 Å². The minimum absolute atomic E-state index is 0.160. The Bertz CT molecular complexity index is 191. The van der Waals surface area contributed by atoms with Gasteiger partial charge in [0.25, 0.3) is 0 Å². The molecule has 1 saturated heterocycles. The fourth-order valence-corrected chi connectivity index (χ4v) is 1.78. The number of nitrogens with one attached hydrogen (secondary N) is 2. The Morgan fingerprint density at radius 1 is 1.47 bits per heavy atom. The molecule has 0 spiro atoms. The van der Waals surface area contributed by atoms with Gasteiger partial charge < -0.3 is 15.4 Å². The zero-order valence-electron chi connectivity index (χ0n) is 9.71. The van der Waals surface area contributed by atoms with Crippen LogP contribution in [0.1, 0.15) is 26.7 Å². The van der Waals surface area contributed by atoms with Gasteiger partial charge in [-0.25, -0.2) is 0 Å². The summed E-state index contributed by atoms with van der Waals surface area (Å²) in [5.41, 5.74) is 0. The zero-order chi connectivity index (χ0) is 11.1. The molecule has 1 fully saturated rings. The van der Waals surface area contributed by atoms with Crippen LogP contribution in [0.5, 0.6) is 0 Å². The summed E-state index contributed by atoms with van der Waals surface area (Å²) in [4.78, 5) is 11.7. The second-order valence-electron chi connectivity index (χ2n) is 4.09. The highest BCUT2D eigenvalue weighted by atomic mass is 16.5. The van der Waals surface area contributed by atoms with Crippen LogP contribution in [0.2, 0.25) is 0 Å². The molecule has 1 atom stereocenters. The first-order chi connectivity index (χ1) is 7.24. The highest BCUT2D eigenvalue weighted by molar-refractivity contribution is 5.78. The van der Waals surface area contributed by atoms with Crippen molar-refractivity contribution in [1.82, 2.24) is 10.6 Å². The minimum atomic E-state index is 0.160. The predicted molar refractivity (Wildman–Crippen MR) is 59.7 cm³/mol. The number of amides is 1. The van der Waals surface area contributed by atoms with Crippen LogP contribution in [0, 0.1) is 5.92 Å². The van der Waals surface area contributed by atoms with Crippen molar-refractivity contribution in [2.75, 3.05) is 26.3 Å². The first-order valence-corrected chi connectivity index (χ1v) is 5.83. The van der Waals surface area contributed by atoms with Crippen molar-refractivity contribution < 1.29 is 9.53 Å². The lowest BCUT2D eigenvalue weighted by Crippen LogP contribution is -2.42. The molecule has 88 valence electrons. The van der Waals surface area contributed by atoms with Crippen LogP contribution in [0.4, 0.5) is 0 Å². The normalized spacial score (nSPS) is 19.9. The molecule has 4 heteroatoms. The average Bonchev–Trinajstić information content (AvgIpc) is 2.27. The fourth-order valence-electron chi connectivity index (χ4n) is 1.78. The van der Waals surface area contributed by atoms with Gasteiger partial charge in [0, 0.05) is 31.7 Å². The molecular formula is C11H22N2O2. The first kappa shape index (κ1) is 12.5. The summed E-state index contributed by atoms with van der Waals surface area (Å²) in [6.45, 7) is 7.24. The average molecular weight is 214 g/mol. The van der Waals surface area contributed by atoms with Gasteiger partial charge in [0.1, 0.15) is 0 Å². The Hall–Kier alpha value is -0.610. The molecule has 0 aliphatic carbocycles. The Morgan fingerprint density at radius 2 is 2.13 bits per heavy atom. The summed E-state index contributed by atoms with van der Waals surface area (Å²) >= 11 is 0. The predicted octanol–water partition coefficient (Wildman–Crippen LogP) is 0.527. The molecule has 4 nitrogen and oxygen atoms in total. The van der Waals surface area contributed by atoms with Gasteiger partial charge in [-0.3, -0.25) is 4.79 Å². The van der Waals surface area contributed by atoms with Crippen molar-refractivity contribution in [3.05, 3.63) is 0 Å². The molecule has 0 radical (unpaired) electrons. The molecule has 0 aromatic rings. The molecule has 0 saturated carbocycles. The topological polar surface area (TPSA) is 50.4 Å². The number of ether oxygens (including phenoxy) is 1. The van der Waals surface area contributed by atoms with Crippen LogP contribution in [0.25, 0.3) is 0 Å². The second-order valence-corrected chi connectivity index (χ2v) is 4.09. The maximum absolute atomic E-state index is 11.7. The van der Waals surface area contributed by atoms with Crippen molar-refractivity contribution in [2.45, 2.75) is 32.7 Å². The van der Waals surface area contributed by atoms with Crippen LogP contribution in [0.15, 0.2) is 0 Å². The van der Waals surface area contributed by atoms with E-state index in [9.17, 15) is 4.79 Å². The summed E-state index contributed by atoms with van der Waals surface area (Å²) in [6, 6.07) is 0.346. The fraction of sp³-hybridized carbons (Fsp3) is 0.909. The van der Waals surface area contributed by atoms with Crippen LogP contribution in [0.3, 0.4) is 0 Å². The number of rotatable bonds is 5. The standard InChI is InChI=1S/C11H22N2O2/c1-3-12-9(2)8-13-11(14)10-4-6-15-7-5-10/h9-10,12H,3-8H2,1-2H3,(H,13,14)/t9-/m1/s1. The number of hydrogen-bond acceptors (Lipinski definition) is 3. The van der Waals surface area contributed by atoms with Gasteiger partial charge >= 0.3 is 0 Å². The highest BCUT2D eigenvalue weighted by Crippen LogP contribution is 2.14. The van der Waals surface area contributed by atoms with E-state index in [0.29, 0.717) is 12.6 Å². The number of likely N-dealkylation sites (N-methyl/N-ethyl adjacent to an activating group) is 1. The third kappa shape index (κ3) is 4.62. The Labute approximate surface area is 91.8 Å². The smallest absolute Gasteiger partial charge is 0.223 e. The maximum atomic E-state index is 11.7. The molecule has 1 rings (SSSR count). The van der Waals surface area contributed by atoms with Crippen LogP contribution in [-0.2, 0) is 9.53 Å². The number of carbonyl (C=O) groups is 1. The van der Waals surface area contributed by atoms with E-state index in [-0.39, 0.29) is 11.8 Å². The van der Waals surface area contributed by atoms with Crippen LogP contribution < -0.4 is 10.6 Å². The van der Waals surface area contributed by atoms with Crippen molar-refractivity contribution in [2.24, 2.45) is 5.92 Å². The van der Waals surface area contributed by atoms with E-state index in [1.165, 1.54) is 0 Å². The molecule has 1 heterocycles. The van der Waals surface area contributed by atoms with Gasteiger partial charge in [-0.05, 0) is 26.3 Å². The van der Waals surface area contributed by atoms with Gasteiger partial charge in [-0.1, -0.05) is 6.92 Å². The third-order valence-electron chi connectivity index (χ3n) is 2.73. The highest BCUT2D eigenvalue weighted by Gasteiger charge is 2.21. The largest absolute Gasteiger partial charge is 0.381 e. The van der Waals surface area contributed by atoms with E-state index >= 15 is 0 Å². The lowest BCUT2D eigenvalue weighted by Gasteiger charge is -2.22. The molecule has 2 N–H and O–H groups in total. The number of carbonyl (C=O) groups excluding carboxylic acids is 1. The summed E-state index contributed by atoms with van der Waals surface area (Å²) in [5.74, 6) is 0.343. The molecule has 1 amide bonds. The van der Waals surface area contributed by atoms with Gasteiger partial charge in [0.15, 0.2) is 0 Å². The van der Waals surface area contributed by atoms with Crippen LogP contribution in [-0.4, -0.2) is 38.3 Å². The van der Waals surface area contributed by atoms with Crippen molar-refractivity contribution >= 4 is 5.91 Å². The van der Waals surface area contributed by atoms with E-state index in [4.69, 9.17) is 4.74 Å². The van der Waals surface area contributed by atoms with E-state index in [0.717, 1.165) is 32.6 Å². The Kier molecular flexibility index (Phi) is 5.65. The Morgan fingerprint density at radius 3 is 2.73 bits per heavy atom. The summed E-state index contributed by atoms with van der Waals surface area (Å²) in [6.07, 6.45) is 1.73. The Balaban J connectivity index is 2.16. The molecule has 1 aliphatic heterocycles. The molecule has 0 unspecified atom stereocenters. The maximum Gasteiger partial charge on any atom is 0.223 e. The van der Waals surface area contributed by atoms with Crippen LogP contribution >= 0.6 is 0 Å². The molecule has 1 aliphatic rings. The number of hydrogen-bond donors (Lipinski definition) is 2. The second kappa shape index (κ2) is 6.80. The molecule has 0 aromatic heterocycles. The quantitative estimate of drug-likeness (QED) is 0.702. The van der Waals surface area contributed by atoms with E-state index in [1.54, 1.807) is 0 Å². The SMILES string of the molecule is CCN[C@H](C)CNC(=O)C1CCOCC1. The molecular weight excluding hydrogens is 192 g/mol. The molecule has 0 bridgehead atoms.